The van der Waals surface area contributed by atoms with E-state index in [-0.39, 0.29) is 11.6 Å². The van der Waals surface area contributed by atoms with Gasteiger partial charge >= 0.3 is 0 Å². The van der Waals surface area contributed by atoms with Crippen LogP contribution in [0.1, 0.15) is 28.7 Å². The van der Waals surface area contributed by atoms with E-state index in [0.29, 0.717) is 10.5 Å². The van der Waals surface area contributed by atoms with Crippen molar-refractivity contribution >= 4 is 21.6 Å². The van der Waals surface area contributed by atoms with Crippen LogP contribution in [0.5, 0.6) is 0 Å². The summed E-state index contributed by atoms with van der Waals surface area (Å²) >= 11 is 1.45. The maximum Gasteiger partial charge on any atom is 0.268 e. The zero-order valence-corrected chi connectivity index (χ0v) is 15.0. The fraction of sp³-hybridized carbons (Fsp3) is 0.211. The number of H-pyrrole nitrogens is 2. The first-order chi connectivity index (χ1) is 12.7. The smallest absolute Gasteiger partial charge is 0.268 e. The van der Waals surface area contributed by atoms with Gasteiger partial charge in [0.1, 0.15) is 10.5 Å². The lowest BCUT2D eigenvalue weighted by atomic mass is 9.95. The second kappa shape index (κ2) is 5.89. The number of aromatic amines is 2. The van der Waals surface area contributed by atoms with Gasteiger partial charge in [-0.1, -0.05) is 24.3 Å². The van der Waals surface area contributed by atoms with E-state index < -0.39 is 0 Å². The lowest BCUT2D eigenvalue weighted by Gasteiger charge is -2.25. The molecule has 5 rings (SSSR count). The maximum atomic E-state index is 12.6. The van der Waals surface area contributed by atoms with Crippen molar-refractivity contribution in [2.45, 2.75) is 25.9 Å². The summed E-state index contributed by atoms with van der Waals surface area (Å²) < 4.78 is 0.653. The molecule has 1 aliphatic heterocycles. The zero-order chi connectivity index (χ0) is 17.7. The number of hydrogen-bond acceptors (Lipinski definition) is 5. The SMILES string of the molecule is Cc1[nH]ncc1-c1cc2nc(C3Cc4ccccc4CN3)[nH]c(=O)c2s1. The molecule has 1 aromatic carbocycles. The van der Waals surface area contributed by atoms with Crippen molar-refractivity contribution in [3.63, 3.8) is 0 Å². The summed E-state index contributed by atoms with van der Waals surface area (Å²) in [5.41, 5.74) is 5.27. The summed E-state index contributed by atoms with van der Waals surface area (Å²) in [5.74, 6) is 0.699. The molecule has 1 atom stereocenters. The minimum Gasteiger partial charge on any atom is -0.308 e. The van der Waals surface area contributed by atoms with E-state index in [1.807, 2.05) is 13.0 Å². The normalized spacial score (nSPS) is 16.7. The molecule has 26 heavy (non-hydrogen) atoms. The predicted molar refractivity (Wildman–Crippen MR) is 102 cm³/mol. The average molecular weight is 363 g/mol. The fourth-order valence-corrected chi connectivity index (χ4v) is 4.56. The summed E-state index contributed by atoms with van der Waals surface area (Å²) in [7, 11) is 0. The van der Waals surface area contributed by atoms with Gasteiger partial charge in [-0.05, 0) is 30.5 Å². The molecule has 0 spiro atoms. The molecule has 4 heterocycles. The molecule has 0 saturated heterocycles. The number of hydrogen-bond donors (Lipinski definition) is 3. The Morgan fingerprint density at radius 2 is 2.08 bits per heavy atom. The molecule has 3 aromatic heterocycles. The summed E-state index contributed by atoms with van der Waals surface area (Å²) in [4.78, 5) is 21.4. The van der Waals surface area contributed by atoms with Gasteiger partial charge in [0.15, 0.2) is 0 Å². The van der Waals surface area contributed by atoms with Crippen LogP contribution in [0.2, 0.25) is 0 Å². The Morgan fingerprint density at radius 1 is 1.23 bits per heavy atom. The maximum absolute atomic E-state index is 12.6. The van der Waals surface area contributed by atoms with E-state index in [9.17, 15) is 4.79 Å². The highest BCUT2D eigenvalue weighted by atomic mass is 32.1. The van der Waals surface area contributed by atoms with Crippen molar-refractivity contribution in [1.29, 1.82) is 0 Å². The third-order valence-electron chi connectivity index (χ3n) is 4.91. The first kappa shape index (κ1) is 15.5. The predicted octanol–water partition coefficient (Wildman–Crippen LogP) is 3.07. The van der Waals surface area contributed by atoms with Gasteiger partial charge in [0, 0.05) is 22.7 Å². The van der Waals surface area contributed by atoms with Gasteiger partial charge < -0.3 is 10.3 Å². The number of benzene rings is 1. The monoisotopic (exact) mass is 363 g/mol. The molecule has 6 nitrogen and oxygen atoms in total. The van der Waals surface area contributed by atoms with E-state index >= 15 is 0 Å². The standard InChI is InChI=1S/C19H17N5OS/c1-10-13(9-21-24-10)16-7-14-17(26-16)19(25)23-18(22-14)15-6-11-4-2-3-5-12(11)8-20-15/h2-5,7,9,15,20H,6,8H2,1H3,(H,21,24)(H,22,23,25). The number of nitrogens with zero attached hydrogens (tertiary/aromatic N) is 2. The van der Waals surface area contributed by atoms with Gasteiger partial charge in [-0.25, -0.2) is 4.98 Å². The van der Waals surface area contributed by atoms with Crippen LogP contribution in [0.15, 0.2) is 41.3 Å². The Kier molecular flexibility index (Phi) is 3.51. The van der Waals surface area contributed by atoms with Gasteiger partial charge in [0.2, 0.25) is 0 Å². The van der Waals surface area contributed by atoms with Gasteiger partial charge in [0.05, 0.1) is 17.8 Å². The molecule has 1 aliphatic rings. The molecule has 0 amide bonds. The van der Waals surface area contributed by atoms with E-state index in [0.717, 1.165) is 34.6 Å². The number of thiophene rings is 1. The second-order valence-corrected chi connectivity index (χ2v) is 7.64. The third-order valence-corrected chi connectivity index (χ3v) is 6.06. The van der Waals surface area contributed by atoms with Gasteiger partial charge in [-0.2, -0.15) is 5.10 Å². The molecule has 130 valence electrons. The van der Waals surface area contributed by atoms with Crippen LogP contribution in [0, 0.1) is 6.92 Å². The Balaban J connectivity index is 1.56. The third kappa shape index (κ3) is 2.48. The van der Waals surface area contributed by atoms with Crippen LogP contribution in [-0.2, 0) is 13.0 Å². The van der Waals surface area contributed by atoms with E-state index in [2.05, 4.69) is 44.8 Å². The quantitative estimate of drug-likeness (QED) is 0.511. The van der Waals surface area contributed by atoms with Crippen LogP contribution in [0.4, 0.5) is 0 Å². The average Bonchev–Trinajstić information content (AvgIpc) is 3.27. The molecular weight excluding hydrogens is 346 g/mol. The molecule has 7 heteroatoms. The van der Waals surface area contributed by atoms with E-state index in [1.54, 1.807) is 6.20 Å². The summed E-state index contributed by atoms with van der Waals surface area (Å²) in [6.45, 7) is 2.75. The Labute approximate surface area is 153 Å². The van der Waals surface area contributed by atoms with Gasteiger partial charge in [-0.15, -0.1) is 11.3 Å². The second-order valence-electron chi connectivity index (χ2n) is 6.59. The van der Waals surface area contributed by atoms with E-state index in [4.69, 9.17) is 4.98 Å². The Hall–Kier alpha value is -2.77. The highest BCUT2D eigenvalue weighted by molar-refractivity contribution is 7.22. The van der Waals surface area contributed by atoms with Crippen LogP contribution >= 0.6 is 11.3 Å². The van der Waals surface area contributed by atoms with Crippen molar-refractivity contribution in [3.8, 4) is 10.4 Å². The molecule has 1 unspecified atom stereocenters. The minimum atomic E-state index is -0.0805. The number of aromatic nitrogens is 4. The zero-order valence-electron chi connectivity index (χ0n) is 14.2. The molecule has 4 aromatic rings. The summed E-state index contributed by atoms with van der Waals surface area (Å²) in [6, 6.07) is 10.4. The van der Waals surface area contributed by atoms with E-state index in [1.165, 1.54) is 22.5 Å². The molecular formula is C19H17N5OS. The highest BCUT2D eigenvalue weighted by Crippen LogP contribution is 2.32. The molecule has 0 radical (unpaired) electrons. The minimum absolute atomic E-state index is 0.0148. The van der Waals surface area contributed by atoms with Crippen molar-refractivity contribution in [1.82, 2.24) is 25.5 Å². The number of fused-ring (bicyclic) bond motifs is 2. The lowest BCUT2D eigenvalue weighted by molar-refractivity contribution is 0.477. The van der Waals surface area contributed by atoms with Crippen LogP contribution in [0.3, 0.4) is 0 Å². The summed E-state index contributed by atoms with van der Waals surface area (Å²) in [5, 5.41) is 10.5. The fourth-order valence-electron chi connectivity index (χ4n) is 3.50. The molecule has 0 bridgehead atoms. The molecule has 0 aliphatic carbocycles. The van der Waals surface area contributed by atoms with Crippen LogP contribution < -0.4 is 10.9 Å². The molecule has 3 N–H and O–H groups in total. The van der Waals surface area contributed by atoms with Crippen molar-refractivity contribution in [3.05, 3.63) is 69.5 Å². The summed E-state index contributed by atoms with van der Waals surface area (Å²) in [6.07, 6.45) is 2.61. The number of aryl methyl sites for hydroxylation is 1. The van der Waals surface area contributed by atoms with Crippen LogP contribution in [0.25, 0.3) is 20.7 Å². The number of nitrogens with one attached hydrogen (secondary N) is 3. The van der Waals surface area contributed by atoms with Crippen molar-refractivity contribution in [2.24, 2.45) is 0 Å². The highest BCUT2D eigenvalue weighted by Gasteiger charge is 2.22. The van der Waals surface area contributed by atoms with Crippen molar-refractivity contribution < 1.29 is 0 Å². The molecule has 0 fully saturated rings. The van der Waals surface area contributed by atoms with Gasteiger partial charge in [-0.3, -0.25) is 9.89 Å². The van der Waals surface area contributed by atoms with Crippen LogP contribution in [-0.4, -0.2) is 20.2 Å². The first-order valence-electron chi connectivity index (χ1n) is 8.53. The topological polar surface area (TPSA) is 86.5 Å². The largest absolute Gasteiger partial charge is 0.308 e. The molecule has 0 saturated carbocycles. The lowest BCUT2D eigenvalue weighted by Crippen LogP contribution is -2.31. The van der Waals surface area contributed by atoms with Crippen molar-refractivity contribution in [2.75, 3.05) is 0 Å². The first-order valence-corrected chi connectivity index (χ1v) is 9.35. The number of rotatable bonds is 2. The Bertz CT molecular complexity index is 1170. The van der Waals surface area contributed by atoms with Gasteiger partial charge in [0.25, 0.3) is 5.56 Å². The Morgan fingerprint density at radius 3 is 2.88 bits per heavy atom.